The van der Waals surface area contributed by atoms with Gasteiger partial charge in [0.05, 0.1) is 9.92 Å². The van der Waals surface area contributed by atoms with Crippen LogP contribution in [0.3, 0.4) is 0 Å². The first-order valence-corrected chi connectivity index (χ1v) is 6.15. The summed E-state index contributed by atoms with van der Waals surface area (Å²) in [6, 6.07) is 15.2. The molecule has 0 saturated carbocycles. The second-order valence-electron chi connectivity index (χ2n) is 3.20. The van der Waals surface area contributed by atoms with Gasteiger partial charge in [-0.05, 0) is 23.8 Å². The van der Waals surface area contributed by atoms with Crippen LogP contribution in [0.5, 0.6) is 0 Å². The van der Waals surface area contributed by atoms with Gasteiger partial charge in [-0.3, -0.25) is 0 Å². The first-order valence-electron chi connectivity index (χ1n) is 4.59. The summed E-state index contributed by atoms with van der Waals surface area (Å²) < 4.78 is 21.5. The van der Waals surface area contributed by atoms with Gasteiger partial charge in [0.25, 0.3) is 0 Å². The molecule has 1 radical (unpaired) electrons. The van der Waals surface area contributed by atoms with Crippen LogP contribution in [0, 0.1) is 6.07 Å². The van der Waals surface area contributed by atoms with Crippen molar-refractivity contribution in [2.75, 3.05) is 0 Å². The van der Waals surface area contributed by atoms with E-state index in [2.05, 4.69) is 6.07 Å². The molecule has 2 rings (SSSR count). The molecule has 0 saturated heterocycles. The van der Waals surface area contributed by atoms with E-state index >= 15 is 0 Å². The molecule has 0 spiro atoms. The van der Waals surface area contributed by atoms with Crippen LogP contribution in [0.2, 0.25) is 5.02 Å². The molecule has 2 aromatic rings. The van der Waals surface area contributed by atoms with Crippen molar-refractivity contribution in [3.05, 3.63) is 53.6 Å². The third-order valence-corrected chi connectivity index (χ3v) is 3.13. The predicted octanol–water partition coefficient (Wildman–Crippen LogP) is 2.78. The second kappa shape index (κ2) is 4.68. The molecular formula is C12H8ClO2S. The minimum absolute atomic E-state index is 0.180. The maximum atomic E-state index is 10.8. The summed E-state index contributed by atoms with van der Waals surface area (Å²) in [5.41, 5.74) is 1.63. The van der Waals surface area contributed by atoms with Crippen molar-refractivity contribution in [3.63, 3.8) is 0 Å². The molecule has 0 heterocycles. The molecule has 0 aliphatic heterocycles. The SMILES string of the molecule is O=[SH](=O)c1c[c]c(-c2ccccc2)c(Cl)c1. The van der Waals surface area contributed by atoms with Gasteiger partial charge >= 0.3 is 0 Å². The first-order chi connectivity index (χ1) is 7.68. The molecular weight excluding hydrogens is 244 g/mol. The van der Waals surface area contributed by atoms with E-state index in [0.717, 1.165) is 5.56 Å². The lowest BCUT2D eigenvalue weighted by Gasteiger charge is -2.03. The van der Waals surface area contributed by atoms with E-state index < -0.39 is 10.7 Å². The molecule has 0 atom stereocenters. The van der Waals surface area contributed by atoms with Gasteiger partial charge in [0.1, 0.15) is 0 Å². The minimum Gasteiger partial charge on any atom is -0.227 e. The van der Waals surface area contributed by atoms with Crippen LogP contribution in [0.15, 0.2) is 47.4 Å². The van der Waals surface area contributed by atoms with E-state index in [-0.39, 0.29) is 4.90 Å². The largest absolute Gasteiger partial charge is 0.227 e. The van der Waals surface area contributed by atoms with Gasteiger partial charge in [-0.2, -0.15) is 0 Å². The van der Waals surface area contributed by atoms with E-state index in [0.29, 0.717) is 10.6 Å². The van der Waals surface area contributed by atoms with Gasteiger partial charge < -0.3 is 0 Å². The Morgan fingerprint density at radius 1 is 1.12 bits per heavy atom. The third kappa shape index (κ3) is 2.26. The summed E-state index contributed by atoms with van der Waals surface area (Å²) in [6.07, 6.45) is 0. The van der Waals surface area contributed by atoms with Crippen molar-refractivity contribution in [1.29, 1.82) is 0 Å². The highest BCUT2D eigenvalue weighted by Crippen LogP contribution is 2.28. The molecule has 4 heteroatoms. The van der Waals surface area contributed by atoms with Crippen LogP contribution >= 0.6 is 11.6 Å². The fourth-order valence-corrected chi connectivity index (χ4v) is 2.15. The van der Waals surface area contributed by atoms with Crippen molar-refractivity contribution in [2.24, 2.45) is 0 Å². The molecule has 16 heavy (non-hydrogen) atoms. The molecule has 0 aliphatic carbocycles. The number of hydrogen-bond acceptors (Lipinski definition) is 2. The van der Waals surface area contributed by atoms with Crippen LogP contribution in [0.25, 0.3) is 11.1 Å². The van der Waals surface area contributed by atoms with E-state index in [9.17, 15) is 8.42 Å². The Kier molecular flexibility index (Phi) is 3.27. The number of halogens is 1. The van der Waals surface area contributed by atoms with Crippen LogP contribution in [-0.4, -0.2) is 8.42 Å². The molecule has 81 valence electrons. The smallest absolute Gasteiger partial charge is 0.168 e. The molecule has 0 fully saturated rings. The Bertz CT molecular complexity index is 569. The fourth-order valence-electron chi connectivity index (χ4n) is 1.39. The van der Waals surface area contributed by atoms with E-state index in [4.69, 9.17) is 11.6 Å². The van der Waals surface area contributed by atoms with E-state index in [1.54, 1.807) is 0 Å². The van der Waals surface area contributed by atoms with Gasteiger partial charge in [0, 0.05) is 5.56 Å². The Morgan fingerprint density at radius 2 is 1.81 bits per heavy atom. The number of hydrogen-bond donors (Lipinski definition) is 1. The van der Waals surface area contributed by atoms with Crippen molar-refractivity contribution >= 4 is 22.3 Å². The van der Waals surface area contributed by atoms with Crippen molar-refractivity contribution in [3.8, 4) is 11.1 Å². The monoisotopic (exact) mass is 251 g/mol. The van der Waals surface area contributed by atoms with Gasteiger partial charge in [-0.15, -0.1) is 0 Å². The van der Waals surface area contributed by atoms with Gasteiger partial charge in [0.2, 0.25) is 0 Å². The zero-order valence-electron chi connectivity index (χ0n) is 8.18. The lowest BCUT2D eigenvalue weighted by molar-refractivity contribution is 0.614. The summed E-state index contributed by atoms with van der Waals surface area (Å²) in [5, 5.41) is 0.392. The summed E-state index contributed by atoms with van der Waals surface area (Å²) in [4.78, 5) is 0.180. The highest BCUT2D eigenvalue weighted by molar-refractivity contribution is 7.72. The highest BCUT2D eigenvalue weighted by Gasteiger charge is 2.05. The maximum absolute atomic E-state index is 10.8. The summed E-state index contributed by atoms with van der Waals surface area (Å²) in [5.74, 6) is 0. The molecule has 2 nitrogen and oxygen atoms in total. The number of rotatable bonds is 2. The van der Waals surface area contributed by atoms with Crippen LogP contribution < -0.4 is 0 Å². The Balaban J connectivity index is 2.53. The number of thiol groups is 1. The Hall–Kier alpha value is -1.32. The summed E-state index contributed by atoms with van der Waals surface area (Å²) >= 11 is 6.01. The van der Waals surface area contributed by atoms with Crippen molar-refractivity contribution in [2.45, 2.75) is 4.90 Å². The van der Waals surface area contributed by atoms with Crippen molar-refractivity contribution < 1.29 is 8.42 Å². The standard InChI is InChI=1S/C12H8ClO2S/c13-12-8-10(16(14)15)6-7-11(12)9-4-2-1-3-5-9/h1-6,8,16H. The topological polar surface area (TPSA) is 34.1 Å². The van der Waals surface area contributed by atoms with Crippen molar-refractivity contribution in [1.82, 2.24) is 0 Å². The number of benzene rings is 2. The normalized spacial score (nSPS) is 10.6. The highest BCUT2D eigenvalue weighted by atomic mass is 35.5. The quantitative estimate of drug-likeness (QED) is 0.833. The molecule has 2 aromatic carbocycles. The van der Waals surface area contributed by atoms with E-state index in [1.807, 2.05) is 30.3 Å². The third-order valence-electron chi connectivity index (χ3n) is 2.15. The first kappa shape index (κ1) is 11.2. The fraction of sp³-hybridized carbons (Fsp3) is 0. The van der Waals surface area contributed by atoms with Crippen LogP contribution in [0.1, 0.15) is 0 Å². The zero-order valence-corrected chi connectivity index (χ0v) is 9.83. The molecule has 0 N–H and O–H groups in total. The van der Waals surface area contributed by atoms with Crippen LogP contribution in [-0.2, 0) is 10.7 Å². The molecule has 0 amide bonds. The summed E-state index contributed by atoms with van der Waals surface area (Å²) in [6.45, 7) is 0. The molecule has 0 bridgehead atoms. The average Bonchev–Trinajstić information content (AvgIpc) is 2.30. The minimum atomic E-state index is -2.61. The lowest BCUT2D eigenvalue weighted by Crippen LogP contribution is -1.84. The zero-order chi connectivity index (χ0) is 11.5. The Morgan fingerprint density at radius 3 is 2.38 bits per heavy atom. The van der Waals surface area contributed by atoms with E-state index in [1.165, 1.54) is 12.1 Å². The second-order valence-corrected chi connectivity index (χ2v) is 4.64. The summed E-state index contributed by atoms with van der Waals surface area (Å²) in [7, 11) is -2.61. The maximum Gasteiger partial charge on any atom is 0.168 e. The van der Waals surface area contributed by atoms with Gasteiger partial charge in [0.15, 0.2) is 10.7 Å². The molecule has 0 aromatic heterocycles. The van der Waals surface area contributed by atoms with Crippen LogP contribution in [0.4, 0.5) is 0 Å². The van der Waals surface area contributed by atoms with Gasteiger partial charge in [-0.25, -0.2) is 8.42 Å². The average molecular weight is 252 g/mol. The lowest BCUT2D eigenvalue weighted by atomic mass is 10.1. The van der Waals surface area contributed by atoms with Gasteiger partial charge in [-0.1, -0.05) is 41.9 Å². The Labute approximate surface area is 100 Å². The molecule has 0 aliphatic rings. The molecule has 0 unspecified atom stereocenters. The predicted molar refractivity (Wildman–Crippen MR) is 64.3 cm³/mol.